The number of nitrogens with two attached hydrogens (primary N) is 1. The molecule has 0 radical (unpaired) electrons. The van der Waals surface area contributed by atoms with E-state index in [9.17, 15) is 41.1 Å². The molecule has 0 bridgehead atoms. The zero-order valence-corrected chi connectivity index (χ0v) is 23.0. The first-order valence-electron chi connectivity index (χ1n) is 9.06. The zero-order valence-electron chi connectivity index (χ0n) is 18.8. The van der Waals surface area contributed by atoms with Crippen LogP contribution in [0.5, 0.6) is 0 Å². The number of fused-ring (bicyclic) bond motifs is 1. The summed E-state index contributed by atoms with van der Waals surface area (Å²) in [6, 6.07) is -1.14. The smallest absolute Gasteiger partial charge is 1.00 e. The number of carboxylic acid groups (broad SMARTS) is 1. The number of carbonyl (C=O) groups excluding carboxylic acids is 2. The van der Waals surface area contributed by atoms with E-state index in [2.05, 4.69) is 20.8 Å². The average molecular weight is 588 g/mol. The third kappa shape index (κ3) is 7.98. The number of aliphatic carboxylic acids is 1. The number of nitrogens with zero attached hydrogens (tertiary/aromatic N) is 5. The SMILES string of the molecule is NS(=O)(=O)CCn1nnnc1SCC1=C(C(=O)O)N2C(=O)C(NC(=O)CSC(F)(F)F)[C@H]2SC1.[H-].[Na+]. The van der Waals surface area contributed by atoms with Crippen LogP contribution in [-0.4, -0.2) is 96.4 Å². The first-order chi connectivity index (χ1) is 15.8. The Morgan fingerprint density at radius 3 is 2.66 bits per heavy atom. The van der Waals surface area contributed by atoms with Crippen molar-refractivity contribution >= 4 is 63.1 Å². The molecule has 0 spiro atoms. The van der Waals surface area contributed by atoms with Crippen molar-refractivity contribution in [2.75, 3.05) is 23.0 Å². The fourth-order valence-electron chi connectivity index (χ4n) is 2.96. The molecule has 35 heavy (non-hydrogen) atoms. The summed E-state index contributed by atoms with van der Waals surface area (Å²) < 4.78 is 60.2. The molecule has 0 aromatic carbocycles. The zero-order chi connectivity index (χ0) is 25.3. The second-order valence-corrected chi connectivity index (χ2v) is 11.6. The van der Waals surface area contributed by atoms with Gasteiger partial charge in [0.25, 0.3) is 5.91 Å². The number of carboxylic acids is 1. The summed E-state index contributed by atoms with van der Waals surface area (Å²) in [6.07, 6.45) is 0. The van der Waals surface area contributed by atoms with Crippen LogP contribution >= 0.6 is 35.3 Å². The summed E-state index contributed by atoms with van der Waals surface area (Å²) in [7, 11) is -3.76. The Bertz CT molecular complexity index is 1140. The number of thioether (sulfide) groups is 3. The van der Waals surface area contributed by atoms with E-state index in [4.69, 9.17) is 5.14 Å². The van der Waals surface area contributed by atoms with Gasteiger partial charge in [0.05, 0.1) is 18.1 Å². The van der Waals surface area contributed by atoms with Gasteiger partial charge in [0, 0.05) is 11.5 Å². The summed E-state index contributed by atoms with van der Waals surface area (Å²) in [6.45, 7) is -0.117. The molecule has 190 valence electrons. The van der Waals surface area contributed by atoms with Crippen LogP contribution in [0.3, 0.4) is 0 Å². The summed E-state index contributed by atoms with van der Waals surface area (Å²) in [5, 5.41) is 27.1. The van der Waals surface area contributed by atoms with Gasteiger partial charge in [-0.1, -0.05) is 11.8 Å². The number of aromatic nitrogens is 4. The van der Waals surface area contributed by atoms with Crippen LogP contribution in [0.2, 0.25) is 0 Å². The van der Waals surface area contributed by atoms with Gasteiger partial charge in [0.15, 0.2) is 0 Å². The van der Waals surface area contributed by atoms with Crippen molar-refractivity contribution in [3.05, 3.63) is 11.3 Å². The Morgan fingerprint density at radius 2 is 2.06 bits per heavy atom. The number of sulfonamides is 1. The van der Waals surface area contributed by atoms with Gasteiger partial charge in [-0.2, -0.15) is 13.2 Å². The maximum absolute atomic E-state index is 12.5. The molecular weight excluding hydrogens is 570 g/mol. The van der Waals surface area contributed by atoms with E-state index in [0.29, 0.717) is 5.57 Å². The molecule has 2 aliphatic heterocycles. The van der Waals surface area contributed by atoms with Gasteiger partial charge in [-0.05, 0) is 27.8 Å². The fourth-order valence-corrected chi connectivity index (χ4v) is 6.16. The number of carbonyl (C=O) groups is 3. The summed E-state index contributed by atoms with van der Waals surface area (Å²) >= 11 is 1.63. The number of nitrogens with one attached hydrogen (secondary N) is 1. The molecule has 1 saturated heterocycles. The first kappa shape index (κ1) is 30.2. The monoisotopic (exact) mass is 587 g/mol. The Morgan fingerprint density at radius 1 is 1.37 bits per heavy atom. The second kappa shape index (κ2) is 12.0. The van der Waals surface area contributed by atoms with Crippen LogP contribution < -0.4 is 40.0 Å². The largest absolute Gasteiger partial charge is 1.00 e. The van der Waals surface area contributed by atoms with Crippen LogP contribution in [0.25, 0.3) is 0 Å². The maximum atomic E-state index is 12.5. The van der Waals surface area contributed by atoms with E-state index in [-0.39, 0.29) is 59.9 Å². The molecule has 1 aromatic heterocycles. The van der Waals surface area contributed by atoms with E-state index in [1.165, 1.54) is 4.68 Å². The third-order valence-corrected chi connectivity index (χ3v) is 8.26. The van der Waals surface area contributed by atoms with E-state index in [1.807, 2.05) is 0 Å². The third-order valence-electron chi connectivity index (χ3n) is 4.40. The van der Waals surface area contributed by atoms with Crippen LogP contribution in [0, 0.1) is 0 Å². The molecule has 0 aliphatic carbocycles. The van der Waals surface area contributed by atoms with Gasteiger partial charge in [0.2, 0.25) is 21.1 Å². The Hall–Kier alpha value is -1.03. The molecule has 0 saturated carbocycles. The second-order valence-electron chi connectivity index (χ2n) is 6.79. The Balaban J connectivity index is 0.00000324. The van der Waals surface area contributed by atoms with Crippen LogP contribution in [0.1, 0.15) is 1.43 Å². The Kier molecular flexibility index (Phi) is 10.4. The fraction of sp³-hybridized carbons (Fsp3) is 0.571. The predicted molar refractivity (Wildman–Crippen MR) is 116 cm³/mol. The molecule has 21 heteroatoms. The molecule has 13 nitrogen and oxygen atoms in total. The van der Waals surface area contributed by atoms with Gasteiger partial charge in [-0.15, -0.1) is 16.9 Å². The van der Waals surface area contributed by atoms with E-state index in [1.54, 1.807) is 0 Å². The minimum atomic E-state index is -4.60. The number of tetrazole rings is 1. The summed E-state index contributed by atoms with van der Waals surface area (Å²) in [5.41, 5.74) is -4.54. The van der Waals surface area contributed by atoms with Gasteiger partial charge in [-0.3, -0.25) is 14.5 Å². The summed E-state index contributed by atoms with van der Waals surface area (Å²) in [5.74, 6) is -4.25. The minimum absolute atomic E-state index is 0. The quantitative estimate of drug-likeness (QED) is 0.138. The molecule has 4 N–H and O–H groups in total. The standard InChI is InChI=1S/C14H16F3N7O6S4.Na.H/c15-14(16,17)33-5-7(25)19-8-10(26)24-9(12(27)28)6(3-31-11(8)24)4-32-13-20-21-22-23(13)1-2-34(18,29)30;;/h8,11H,1-5H2,(H,19,25)(H,27,28)(H2,18,29,30);;/q;+1;-1/t8?,11-;;/m1../s1. The average Bonchev–Trinajstić information content (AvgIpc) is 3.18. The van der Waals surface area contributed by atoms with Crippen molar-refractivity contribution in [3.63, 3.8) is 0 Å². The molecule has 2 atom stereocenters. The first-order valence-corrected chi connectivity index (χ1v) is 13.8. The van der Waals surface area contributed by atoms with E-state index < -0.39 is 68.0 Å². The van der Waals surface area contributed by atoms with Crippen LogP contribution in [0.15, 0.2) is 16.4 Å². The van der Waals surface area contributed by atoms with E-state index in [0.717, 1.165) is 28.4 Å². The Labute approximate surface area is 232 Å². The van der Waals surface area contributed by atoms with Crippen molar-refractivity contribution in [1.82, 2.24) is 30.4 Å². The number of aryl methyl sites for hydroxylation is 1. The molecule has 2 aliphatic rings. The minimum Gasteiger partial charge on any atom is -1.00 e. The number of primary sulfonamides is 1. The predicted octanol–water partition coefficient (Wildman–Crippen LogP) is -3.84. The number of β-lactam (4-membered cyclic amide) rings is 1. The van der Waals surface area contributed by atoms with Crippen molar-refractivity contribution in [1.29, 1.82) is 0 Å². The number of hydrogen-bond donors (Lipinski definition) is 3. The summed E-state index contributed by atoms with van der Waals surface area (Å²) in [4.78, 5) is 37.1. The van der Waals surface area contributed by atoms with E-state index >= 15 is 0 Å². The molecule has 2 amide bonds. The maximum Gasteiger partial charge on any atom is 1.00 e. The number of hydrogen-bond acceptors (Lipinski definition) is 11. The number of amides is 2. The van der Waals surface area contributed by atoms with Crippen molar-refractivity contribution < 1.29 is 72.1 Å². The van der Waals surface area contributed by atoms with Crippen molar-refractivity contribution in [2.45, 2.75) is 28.6 Å². The van der Waals surface area contributed by atoms with Crippen LogP contribution in [0.4, 0.5) is 13.2 Å². The van der Waals surface area contributed by atoms with Gasteiger partial charge >= 0.3 is 41.0 Å². The molecule has 1 aromatic rings. The topological polar surface area (TPSA) is 190 Å². The van der Waals surface area contributed by atoms with Crippen molar-refractivity contribution in [2.24, 2.45) is 5.14 Å². The molecular formula is C14H17F3N7NaO6S4. The molecule has 1 unspecified atom stereocenters. The van der Waals surface area contributed by atoms with Crippen molar-refractivity contribution in [3.8, 4) is 0 Å². The number of rotatable bonds is 10. The molecule has 1 fully saturated rings. The van der Waals surface area contributed by atoms with Gasteiger partial charge < -0.3 is 11.8 Å². The van der Waals surface area contributed by atoms with Gasteiger partial charge in [0.1, 0.15) is 17.1 Å². The van der Waals surface area contributed by atoms with Crippen LogP contribution in [-0.2, 0) is 31.0 Å². The number of halogens is 3. The molecule has 3 heterocycles. The van der Waals surface area contributed by atoms with Gasteiger partial charge in [-0.25, -0.2) is 23.0 Å². The normalized spacial score (nSPS) is 20.1. The number of alkyl halides is 3. The molecule has 3 rings (SSSR count).